The highest BCUT2D eigenvalue weighted by Gasteiger charge is 2.54. The van der Waals surface area contributed by atoms with Crippen molar-refractivity contribution in [2.24, 2.45) is 17.8 Å². The van der Waals surface area contributed by atoms with E-state index in [1.165, 1.54) is 38.5 Å². The van der Waals surface area contributed by atoms with Crippen molar-refractivity contribution >= 4 is 17.8 Å². The summed E-state index contributed by atoms with van der Waals surface area (Å²) in [5.41, 5.74) is 2.35. The second-order valence-electron chi connectivity index (χ2n) is 9.92. The van der Waals surface area contributed by atoms with E-state index in [4.69, 9.17) is 0 Å². The van der Waals surface area contributed by atoms with Crippen LogP contribution in [0.2, 0.25) is 0 Å². The number of urea groups is 1. The Morgan fingerprint density at radius 2 is 1.70 bits per heavy atom. The molecule has 1 aromatic carbocycles. The van der Waals surface area contributed by atoms with Crippen LogP contribution in [-0.2, 0) is 15.1 Å². The Morgan fingerprint density at radius 1 is 1.10 bits per heavy atom. The number of amides is 4. The van der Waals surface area contributed by atoms with Gasteiger partial charge in [0.25, 0.3) is 11.8 Å². The molecule has 0 aromatic heterocycles. The third kappa shape index (κ3) is 3.11. The molecule has 1 atom stereocenters. The van der Waals surface area contributed by atoms with Crippen LogP contribution in [0.15, 0.2) is 30.3 Å². The zero-order chi connectivity index (χ0) is 20.9. The molecule has 30 heavy (non-hydrogen) atoms. The number of imide groups is 1. The molecule has 0 radical (unpaired) electrons. The quantitative estimate of drug-likeness (QED) is 0.618. The molecule has 5 aliphatic rings. The molecule has 0 unspecified atom stereocenters. The van der Waals surface area contributed by atoms with E-state index in [0.717, 1.165) is 28.3 Å². The molecule has 6 rings (SSSR count). The van der Waals surface area contributed by atoms with Gasteiger partial charge in [-0.3, -0.25) is 15.0 Å². The van der Waals surface area contributed by atoms with Crippen LogP contribution in [0, 0.1) is 17.8 Å². The molecule has 5 fully saturated rings. The summed E-state index contributed by atoms with van der Waals surface area (Å²) in [7, 11) is 0. The first-order valence-electron chi connectivity index (χ1n) is 11.3. The van der Waals surface area contributed by atoms with Crippen LogP contribution in [0.5, 0.6) is 0 Å². The number of benzene rings is 1. The molecule has 4 bridgehead atoms. The van der Waals surface area contributed by atoms with E-state index in [2.05, 4.69) is 16.1 Å². The van der Waals surface area contributed by atoms with Gasteiger partial charge in [0.05, 0.1) is 5.54 Å². The number of hydrogen-bond donors (Lipinski definition) is 3. The van der Waals surface area contributed by atoms with E-state index in [1.54, 1.807) is 0 Å². The molecule has 160 valence electrons. The summed E-state index contributed by atoms with van der Waals surface area (Å²) in [4.78, 5) is 38.4. The maximum atomic E-state index is 13.1. The third-order valence-corrected chi connectivity index (χ3v) is 7.93. The number of carbonyl (C=O) groups excluding carboxylic acids is 3. The van der Waals surface area contributed by atoms with Crippen molar-refractivity contribution in [3.8, 4) is 0 Å². The van der Waals surface area contributed by atoms with E-state index >= 15 is 0 Å². The van der Waals surface area contributed by atoms with Gasteiger partial charge in [0.1, 0.15) is 5.54 Å². The molecule has 1 aromatic rings. The molecule has 4 amide bonds. The van der Waals surface area contributed by atoms with Crippen molar-refractivity contribution < 1.29 is 19.7 Å². The molecular formula is C23H31N4O3+. The van der Waals surface area contributed by atoms with Crippen molar-refractivity contribution in [1.82, 2.24) is 15.8 Å². The zero-order valence-electron chi connectivity index (χ0n) is 17.5. The van der Waals surface area contributed by atoms with Crippen LogP contribution in [0.1, 0.15) is 57.4 Å². The summed E-state index contributed by atoms with van der Waals surface area (Å²) >= 11 is 0. The summed E-state index contributed by atoms with van der Waals surface area (Å²) in [6.45, 7) is 2.10. The largest absolute Gasteiger partial charge is 0.344 e. The number of nitrogens with one attached hydrogen (secondary N) is 2. The van der Waals surface area contributed by atoms with Gasteiger partial charge in [-0.2, -0.15) is 5.01 Å². The van der Waals surface area contributed by atoms with Crippen LogP contribution in [-0.4, -0.2) is 34.9 Å². The van der Waals surface area contributed by atoms with Crippen LogP contribution in [0.25, 0.3) is 0 Å². The van der Waals surface area contributed by atoms with Crippen molar-refractivity contribution in [2.75, 3.05) is 6.54 Å². The van der Waals surface area contributed by atoms with Gasteiger partial charge in [-0.05, 0) is 49.0 Å². The fraction of sp³-hybridized carbons (Fsp3) is 0.609. The number of quaternary nitrogens is 1. The van der Waals surface area contributed by atoms with Gasteiger partial charge in [0.2, 0.25) is 0 Å². The highest BCUT2D eigenvalue weighted by atomic mass is 16.2. The molecule has 0 spiro atoms. The number of rotatable bonds is 6. The Morgan fingerprint density at radius 3 is 2.27 bits per heavy atom. The molecule has 7 nitrogen and oxygen atoms in total. The normalized spacial score (nSPS) is 36.8. The molecule has 1 aliphatic heterocycles. The second-order valence-corrected chi connectivity index (χ2v) is 9.92. The van der Waals surface area contributed by atoms with Crippen LogP contribution in [0.4, 0.5) is 4.79 Å². The van der Waals surface area contributed by atoms with Gasteiger partial charge in [-0.25, -0.2) is 4.79 Å². The van der Waals surface area contributed by atoms with Gasteiger partial charge in [0.15, 0.2) is 6.54 Å². The molecule has 1 saturated heterocycles. The first kappa shape index (κ1) is 19.5. The lowest BCUT2D eigenvalue weighted by atomic mass is 9.53. The van der Waals surface area contributed by atoms with Crippen LogP contribution < -0.4 is 16.1 Å². The second kappa shape index (κ2) is 7.08. The maximum Gasteiger partial charge on any atom is 0.344 e. The SMILES string of the molecule is CC[C@]1(c2ccccc2)NC(=O)N(NC(=O)C[NH2+]C23CC4CC(CC(C4)C2)C3)C1=O. The smallest absolute Gasteiger partial charge is 0.334 e. The van der Waals surface area contributed by atoms with E-state index in [1.807, 2.05) is 37.3 Å². The van der Waals surface area contributed by atoms with Crippen molar-refractivity contribution in [2.45, 2.75) is 62.9 Å². The Labute approximate surface area is 176 Å². The van der Waals surface area contributed by atoms with Crippen molar-refractivity contribution in [1.29, 1.82) is 0 Å². The van der Waals surface area contributed by atoms with Gasteiger partial charge in [0, 0.05) is 19.3 Å². The number of nitrogens with zero attached hydrogens (tertiary/aromatic N) is 1. The minimum atomic E-state index is -1.13. The Bertz CT molecular complexity index is 835. The topological polar surface area (TPSA) is 95.1 Å². The first-order valence-corrected chi connectivity index (χ1v) is 11.3. The van der Waals surface area contributed by atoms with E-state index in [9.17, 15) is 14.4 Å². The molecular weight excluding hydrogens is 380 g/mol. The predicted octanol–water partition coefficient (Wildman–Crippen LogP) is 1.41. The summed E-state index contributed by atoms with van der Waals surface area (Å²) in [6.07, 6.45) is 8.08. The summed E-state index contributed by atoms with van der Waals surface area (Å²) < 4.78 is 0. The van der Waals surface area contributed by atoms with Gasteiger partial charge < -0.3 is 10.6 Å². The zero-order valence-corrected chi connectivity index (χ0v) is 17.5. The maximum absolute atomic E-state index is 13.1. The highest BCUT2D eigenvalue weighted by Crippen LogP contribution is 2.54. The van der Waals surface area contributed by atoms with Gasteiger partial charge in [-0.15, -0.1) is 0 Å². The lowest BCUT2D eigenvalue weighted by Gasteiger charge is -2.54. The molecule has 4 saturated carbocycles. The number of carbonyl (C=O) groups is 3. The average molecular weight is 412 g/mol. The van der Waals surface area contributed by atoms with E-state index < -0.39 is 17.5 Å². The van der Waals surface area contributed by atoms with Gasteiger partial charge >= 0.3 is 6.03 Å². The Kier molecular flexibility index (Phi) is 4.61. The highest BCUT2D eigenvalue weighted by molar-refractivity contribution is 6.08. The minimum Gasteiger partial charge on any atom is -0.334 e. The average Bonchev–Trinajstić information content (AvgIpc) is 2.97. The fourth-order valence-electron chi connectivity index (χ4n) is 6.95. The van der Waals surface area contributed by atoms with E-state index in [-0.39, 0.29) is 18.0 Å². The lowest BCUT2D eigenvalue weighted by molar-refractivity contribution is -0.730. The van der Waals surface area contributed by atoms with Gasteiger partial charge in [-0.1, -0.05) is 37.3 Å². The third-order valence-electron chi connectivity index (χ3n) is 7.93. The first-order chi connectivity index (χ1) is 14.4. The number of nitrogens with two attached hydrogens (primary N) is 1. The summed E-state index contributed by atoms with van der Waals surface area (Å²) in [6, 6.07) is 8.63. The van der Waals surface area contributed by atoms with Crippen molar-refractivity contribution in [3.05, 3.63) is 35.9 Å². The fourth-order valence-corrected chi connectivity index (χ4v) is 6.95. The molecule has 1 heterocycles. The monoisotopic (exact) mass is 411 g/mol. The molecule has 7 heteroatoms. The van der Waals surface area contributed by atoms with Crippen LogP contribution in [0.3, 0.4) is 0 Å². The summed E-state index contributed by atoms with van der Waals surface area (Å²) in [5, 5.41) is 5.86. The predicted molar refractivity (Wildman–Crippen MR) is 110 cm³/mol. The van der Waals surface area contributed by atoms with E-state index in [0.29, 0.717) is 6.42 Å². The number of hydrogen-bond acceptors (Lipinski definition) is 3. The van der Waals surface area contributed by atoms with Crippen molar-refractivity contribution in [3.63, 3.8) is 0 Å². The standard InChI is InChI=1S/C23H30N4O3/c1-2-23(18-6-4-3-5-7-18)20(29)27(21(30)25-23)26-19(28)14-24-22-11-15-8-16(12-22)10-17(9-15)13-22/h3-7,15-17,24H,2,8-14H2,1H3,(H,25,30)(H,26,28)/p+1/t15?,16?,17?,22?,23-/m1/s1. The number of hydrazine groups is 1. The molecule has 4 N–H and O–H groups in total. The van der Waals surface area contributed by atoms with Crippen LogP contribution >= 0.6 is 0 Å². The molecule has 4 aliphatic carbocycles. The minimum absolute atomic E-state index is 0.181. The Hall–Kier alpha value is -2.41. The summed E-state index contributed by atoms with van der Waals surface area (Å²) in [5.74, 6) is 1.73. The lowest BCUT2D eigenvalue weighted by Crippen LogP contribution is -3.00. The Balaban J connectivity index is 1.24.